The van der Waals surface area contributed by atoms with Crippen molar-refractivity contribution in [2.45, 2.75) is 31.7 Å². The van der Waals surface area contributed by atoms with Crippen LogP contribution in [0.15, 0.2) is 12.1 Å². The number of rotatable bonds is 2. The predicted molar refractivity (Wildman–Crippen MR) is 78.8 cm³/mol. The van der Waals surface area contributed by atoms with Gasteiger partial charge in [-0.05, 0) is 31.9 Å². The Bertz CT molecular complexity index is 411. The van der Waals surface area contributed by atoms with Crippen LogP contribution in [0.25, 0.3) is 0 Å². The van der Waals surface area contributed by atoms with E-state index < -0.39 is 0 Å². The van der Waals surface area contributed by atoms with E-state index in [1.165, 1.54) is 11.3 Å². The zero-order chi connectivity index (χ0) is 12.4. The van der Waals surface area contributed by atoms with Crippen molar-refractivity contribution in [1.29, 1.82) is 0 Å². The van der Waals surface area contributed by atoms with Gasteiger partial charge < -0.3 is 10.6 Å². The number of hydrogen-bond donors (Lipinski definition) is 1. The molecular formula is C12H18Cl2N2OS. The van der Waals surface area contributed by atoms with Crippen molar-refractivity contribution in [2.75, 3.05) is 13.1 Å². The minimum Gasteiger partial charge on any atom is -0.341 e. The molecule has 1 aromatic heterocycles. The molecular weight excluding hydrogens is 291 g/mol. The summed E-state index contributed by atoms with van der Waals surface area (Å²) in [5, 5.41) is 0. The average molecular weight is 309 g/mol. The molecule has 2 rings (SSSR count). The monoisotopic (exact) mass is 308 g/mol. The van der Waals surface area contributed by atoms with Crippen LogP contribution >= 0.6 is 35.3 Å². The van der Waals surface area contributed by atoms with Crippen LogP contribution in [0.4, 0.5) is 0 Å². The summed E-state index contributed by atoms with van der Waals surface area (Å²) in [6, 6.07) is 3.90. The van der Waals surface area contributed by atoms with Gasteiger partial charge in [-0.25, -0.2) is 0 Å². The Morgan fingerprint density at radius 2 is 2.33 bits per heavy atom. The number of hydrogen-bond acceptors (Lipinski definition) is 3. The number of halogens is 2. The highest BCUT2D eigenvalue weighted by Crippen LogP contribution is 2.29. The number of thiophene rings is 1. The third-order valence-corrected chi connectivity index (χ3v) is 4.57. The summed E-state index contributed by atoms with van der Waals surface area (Å²) >= 11 is 7.37. The molecule has 1 saturated heterocycles. The first-order chi connectivity index (χ1) is 8.08. The Morgan fingerprint density at radius 1 is 1.61 bits per heavy atom. The normalized spacial score (nSPS) is 21.3. The lowest BCUT2D eigenvalue weighted by Crippen LogP contribution is -2.46. The van der Waals surface area contributed by atoms with E-state index in [0.29, 0.717) is 6.54 Å². The summed E-state index contributed by atoms with van der Waals surface area (Å²) in [6.07, 6.45) is 2.02. The highest BCUT2D eigenvalue weighted by Gasteiger charge is 2.26. The van der Waals surface area contributed by atoms with Gasteiger partial charge in [0.15, 0.2) is 0 Å². The van der Waals surface area contributed by atoms with Crippen molar-refractivity contribution in [2.24, 2.45) is 5.73 Å². The lowest BCUT2D eigenvalue weighted by atomic mass is 10.0. The lowest BCUT2D eigenvalue weighted by molar-refractivity contribution is -0.133. The molecule has 1 aromatic rings. The maximum Gasteiger partial charge on any atom is 0.230 e. The number of piperidine rings is 1. The van der Waals surface area contributed by atoms with Crippen LogP contribution in [0.5, 0.6) is 0 Å². The van der Waals surface area contributed by atoms with Crippen LogP contribution < -0.4 is 5.73 Å². The highest BCUT2D eigenvalue weighted by atomic mass is 35.5. The van der Waals surface area contributed by atoms with Crippen LogP contribution in [0, 0.1) is 0 Å². The number of likely N-dealkylation sites (tertiary alicyclic amines) is 1. The van der Waals surface area contributed by atoms with Crippen molar-refractivity contribution < 1.29 is 4.79 Å². The van der Waals surface area contributed by atoms with Crippen LogP contribution in [0.2, 0.25) is 4.34 Å². The molecule has 2 atom stereocenters. The fourth-order valence-electron chi connectivity index (χ4n) is 2.17. The van der Waals surface area contributed by atoms with Gasteiger partial charge in [0, 0.05) is 24.0 Å². The van der Waals surface area contributed by atoms with E-state index >= 15 is 0 Å². The molecule has 0 saturated carbocycles. The minimum absolute atomic E-state index is 0. The van der Waals surface area contributed by atoms with Gasteiger partial charge in [0.05, 0.1) is 10.3 Å². The predicted octanol–water partition coefficient (Wildman–Crippen LogP) is 2.88. The van der Waals surface area contributed by atoms with Crippen molar-refractivity contribution in [3.63, 3.8) is 0 Å². The number of carbonyl (C=O) groups is 1. The fraction of sp³-hybridized carbons (Fsp3) is 0.583. The van der Waals surface area contributed by atoms with E-state index in [0.717, 1.165) is 28.6 Å². The summed E-state index contributed by atoms with van der Waals surface area (Å²) in [7, 11) is 0. The second-order valence-corrected chi connectivity index (χ2v) is 6.30. The molecule has 0 spiro atoms. The Morgan fingerprint density at radius 3 is 2.89 bits per heavy atom. The quantitative estimate of drug-likeness (QED) is 0.913. The van der Waals surface area contributed by atoms with Gasteiger partial charge in [-0.2, -0.15) is 0 Å². The maximum atomic E-state index is 12.3. The molecule has 1 aliphatic heterocycles. The van der Waals surface area contributed by atoms with E-state index in [1.807, 2.05) is 24.0 Å². The van der Waals surface area contributed by atoms with E-state index in [1.54, 1.807) is 0 Å². The largest absolute Gasteiger partial charge is 0.341 e. The topological polar surface area (TPSA) is 46.3 Å². The molecule has 2 unspecified atom stereocenters. The fourth-order valence-corrected chi connectivity index (χ4v) is 3.27. The number of amides is 1. The Hall–Kier alpha value is -0.290. The second kappa shape index (κ2) is 6.75. The Labute approximate surface area is 123 Å². The third kappa shape index (κ3) is 3.60. The molecule has 6 heteroatoms. The first kappa shape index (κ1) is 15.8. The molecule has 102 valence electrons. The molecule has 18 heavy (non-hydrogen) atoms. The number of carbonyl (C=O) groups excluding carboxylic acids is 1. The lowest BCUT2D eigenvalue weighted by Gasteiger charge is -2.32. The Balaban J connectivity index is 0.00000162. The molecule has 0 bridgehead atoms. The van der Waals surface area contributed by atoms with Crippen molar-refractivity contribution >= 4 is 41.3 Å². The highest BCUT2D eigenvalue weighted by molar-refractivity contribution is 7.16. The van der Waals surface area contributed by atoms with Crippen LogP contribution in [0.3, 0.4) is 0 Å². The van der Waals surface area contributed by atoms with Gasteiger partial charge in [-0.3, -0.25) is 4.79 Å². The van der Waals surface area contributed by atoms with Gasteiger partial charge in [-0.15, -0.1) is 23.7 Å². The van der Waals surface area contributed by atoms with Crippen molar-refractivity contribution in [3.05, 3.63) is 21.3 Å². The van der Waals surface area contributed by atoms with Crippen molar-refractivity contribution in [3.8, 4) is 0 Å². The van der Waals surface area contributed by atoms with Gasteiger partial charge in [0.2, 0.25) is 5.91 Å². The molecule has 3 nitrogen and oxygen atoms in total. The molecule has 1 aliphatic rings. The zero-order valence-corrected chi connectivity index (χ0v) is 12.7. The standard InChI is InChI=1S/C12H17ClN2OS.ClH/c1-8(10-4-5-11(13)17-10)12(16)15-6-2-3-9(14)7-15;/h4-5,8-9H,2-3,6-7,14H2,1H3;1H. The molecule has 0 aromatic carbocycles. The SMILES string of the molecule is CC(C(=O)N1CCCC(N)C1)c1ccc(Cl)s1.Cl. The first-order valence-corrected chi connectivity index (χ1v) is 7.07. The summed E-state index contributed by atoms with van der Waals surface area (Å²) in [5.74, 6) is 0.0523. The van der Waals surface area contributed by atoms with Gasteiger partial charge in [-0.1, -0.05) is 11.6 Å². The van der Waals surface area contributed by atoms with E-state index in [2.05, 4.69) is 0 Å². The molecule has 2 N–H and O–H groups in total. The van der Waals surface area contributed by atoms with Gasteiger partial charge in [0.1, 0.15) is 0 Å². The molecule has 1 amide bonds. The summed E-state index contributed by atoms with van der Waals surface area (Å²) < 4.78 is 0.731. The minimum atomic E-state index is -0.113. The first-order valence-electron chi connectivity index (χ1n) is 5.87. The van der Waals surface area contributed by atoms with Crippen LogP contribution in [0.1, 0.15) is 30.6 Å². The van der Waals surface area contributed by atoms with Gasteiger partial charge in [0.25, 0.3) is 0 Å². The number of nitrogens with zero attached hydrogens (tertiary/aromatic N) is 1. The third-order valence-electron chi connectivity index (χ3n) is 3.16. The Kier molecular flexibility index (Phi) is 5.92. The molecule has 2 heterocycles. The molecule has 1 fully saturated rings. The smallest absolute Gasteiger partial charge is 0.230 e. The van der Waals surface area contributed by atoms with E-state index in [9.17, 15) is 4.79 Å². The van der Waals surface area contributed by atoms with E-state index in [-0.39, 0.29) is 30.3 Å². The van der Waals surface area contributed by atoms with Crippen LogP contribution in [-0.4, -0.2) is 29.9 Å². The van der Waals surface area contributed by atoms with Crippen molar-refractivity contribution in [1.82, 2.24) is 4.90 Å². The zero-order valence-electron chi connectivity index (χ0n) is 10.3. The maximum absolute atomic E-state index is 12.3. The summed E-state index contributed by atoms with van der Waals surface area (Å²) in [6.45, 7) is 3.45. The molecule has 0 radical (unpaired) electrons. The number of nitrogens with two attached hydrogens (primary N) is 1. The summed E-state index contributed by atoms with van der Waals surface area (Å²) in [5.41, 5.74) is 5.89. The second-order valence-electron chi connectivity index (χ2n) is 4.55. The van der Waals surface area contributed by atoms with Gasteiger partial charge >= 0.3 is 0 Å². The summed E-state index contributed by atoms with van der Waals surface area (Å²) in [4.78, 5) is 15.2. The molecule has 0 aliphatic carbocycles. The van der Waals surface area contributed by atoms with E-state index in [4.69, 9.17) is 17.3 Å². The average Bonchev–Trinajstić information content (AvgIpc) is 2.74. The van der Waals surface area contributed by atoms with Crippen LogP contribution in [-0.2, 0) is 4.79 Å².